The number of pyridine rings is 1. The predicted octanol–water partition coefficient (Wildman–Crippen LogP) is 5.98. The molecule has 4 rings (SSSR count). The van der Waals surface area contributed by atoms with Crippen molar-refractivity contribution in [2.24, 2.45) is 5.92 Å². The number of carbonyl (C=O) groups is 1. The minimum atomic E-state index is -0.0734. The molecule has 11 heteroatoms. The Balaban J connectivity index is 1.56. The van der Waals surface area contributed by atoms with E-state index in [1.54, 1.807) is 11.1 Å². The standard InChI is InChI=1S/C26H32N6O3S2/c1-6-10-31(11-9-23(33)29-18(4)12-16(2)20-7-8-20)22-13-17(3)24-19(5)21(35-37-34)14-32(25(24)30-22)26-27-15-28-36-26/h12-15,20,34H,4-11H2,1-3H3,(H,29,33)/b16-12+. The average Bonchev–Trinajstić information content (AvgIpc) is 3.58. The summed E-state index contributed by atoms with van der Waals surface area (Å²) in [6.07, 6.45) is 8.80. The highest BCUT2D eigenvalue weighted by atomic mass is 32.2. The van der Waals surface area contributed by atoms with Crippen LogP contribution in [-0.4, -0.2) is 37.9 Å². The van der Waals surface area contributed by atoms with Crippen LogP contribution in [0.1, 0.15) is 50.7 Å². The largest absolute Gasteiger partial charge is 0.398 e. The maximum atomic E-state index is 12.7. The number of anilines is 3. The molecule has 196 valence electrons. The summed E-state index contributed by atoms with van der Waals surface area (Å²) in [5, 5.41) is 3.53. The highest BCUT2D eigenvalue weighted by Gasteiger charge is 2.29. The molecule has 1 saturated carbocycles. The van der Waals surface area contributed by atoms with E-state index in [-0.39, 0.29) is 18.2 Å². The first-order valence-corrected chi connectivity index (χ1v) is 13.7. The summed E-state index contributed by atoms with van der Waals surface area (Å²) >= 11 is 1.48. The first kappa shape index (κ1) is 26.9. The third-order valence-electron chi connectivity index (χ3n) is 6.29. The molecule has 2 aromatic heterocycles. The van der Waals surface area contributed by atoms with Crippen molar-refractivity contribution in [3.63, 3.8) is 0 Å². The van der Waals surface area contributed by atoms with Crippen LogP contribution in [-0.2, 0) is 8.98 Å². The van der Waals surface area contributed by atoms with Gasteiger partial charge in [-0.25, -0.2) is 9.97 Å². The van der Waals surface area contributed by atoms with E-state index in [9.17, 15) is 9.35 Å². The maximum Gasteiger partial charge on any atom is 0.226 e. The quantitative estimate of drug-likeness (QED) is 0.249. The molecule has 0 atom stereocenters. The second-order valence-corrected chi connectivity index (χ2v) is 10.3. The number of fused-ring (bicyclic) bond motifs is 1. The summed E-state index contributed by atoms with van der Waals surface area (Å²) < 4.78 is 18.7. The van der Waals surface area contributed by atoms with Gasteiger partial charge in [0, 0.05) is 47.9 Å². The molecule has 9 nitrogen and oxygen atoms in total. The van der Waals surface area contributed by atoms with Crippen LogP contribution in [0.4, 0.5) is 16.8 Å². The van der Waals surface area contributed by atoms with E-state index < -0.39 is 0 Å². The van der Waals surface area contributed by atoms with E-state index in [4.69, 9.17) is 9.17 Å². The number of nitrogens with one attached hydrogen (secondary N) is 1. The number of allylic oxidation sites excluding steroid dienone is 3. The molecule has 1 aliphatic heterocycles. The average molecular weight is 541 g/mol. The summed E-state index contributed by atoms with van der Waals surface area (Å²) in [5.41, 5.74) is 4.26. The fraction of sp³-hybridized carbons (Fsp3) is 0.385. The van der Waals surface area contributed by atoms with Crippen molar-refractivity contribution in [2.75, 3.05) is 22.9 Å². The normalized spacial score (nSPS) is 15.2. The van der Waals surface area contributed by atoms with E-state index in [1.165, 1.54) is 36.3 Å². The van der Waals surface area contributed by atoms with Crippen molar-refractivity contribution in [3.05, 3.63) is 66.0 Å². The monoisotopic (exact) mass is 540 g/mol. The molecule has 0 spiro atoms. The molecular formula is C26H32N6O3S2. The van der Waals surface area contributed by atoms with Crippen molar-refractivity contribution < 1.29 is 13.5 Å². The molecule has 0 radical (unpaired) electrons. The molecule has 2 aromatic rings. The second kappa shape index (κ2) is 11.9. The summed E-state index contributed by atoms with van der Waals surface area (Å²) in [7, 11) is 0. The maximum absolute atomic E-state index is 12.7. The van der Waals surface area contributed by atoms with Crippen molar-refractivity contribution in [2.45, 2.75) is 46.5 Å². The lowest BCUT2D eigenvalue weighted by atomic mass is 9.98. The second-order valence-electron chi connectivity index (χ2n) is 9.19. The fourth-order valence-electron chi connectivity index (χ4n) is 4.32. The van der Waals surface area contributed by atoms with Gasteiger partial charge in [-0.2, -0.15) is 4.37 Å². The van der Waals surface area contributed by atoms with Gasteiger partial charge in [-0.1, -0.05) is 25.7 Å². The van der Waals surface area contributed by atoms with Crippen LogP contribution in [0, 0.1) is 12.8 Å². The molecule has 0 saturated heterocycles. The van der Waals surface area contributed by atoms with Crippen LogP contribution < -0.4 is 15.1 Å². The third-order valence-corrected chi connectivity index (χ3v) is 7.21. The van der Waals surface area contributed by atoms with Gasteiger partial charge in [-0.15, -0.1) is 0 Å². The molecule has 1 fully saturated rings. The zero-order valence-electron chi connectivity index (χ0n) is 21.4. The van der Waals surface area contributed by atoms with E-state index >= 15 is 0 Å². The summed E-state index contributed by atoms with van der Waals surface area (Å²) in [6, 6.07) is 1.99. The Morgan fingerprint density at radius 3 is 2.86 bits per heavy atom. The van der Waals surface area contributed by atoms with Gasteiger partial charge in [0.1, 0.15) is 18.0 Å². The van der Waals surface area contributed by atoms with Crippen LogP contribution in [0.15, 0.2) is 54.9 Å². The van der Waals surface area contributed by atoms with Gasteiger partial charge < -0.3 is 14.4 Å². The lowest BCUT2D eigenvalue weighted by Crippen LogP contribution is -2.32. The number of aromatic nitrogens is 3. The smallest absolute Gasteiger partial charge is 0.226 e. The summed E-state index contributed by atoms with van der Waals surface area (Å²) in [4.78, 5) is 25.9. The topological polar surface area (TPSA) is 104 Å². The number of nitrogens with zero attached hydrogens (tertiary/aromatic N) is 5. The zero-order chi connectivity index (χ0) is 26.5. The number of aryl methyl sites for hydroxylation is 1. The lowest BCUT2D eigenvalue weighted by molar-refractivity contribution is -0.120. The number of carbonyl (C=O) groups excluding carboxylic acids is 1. The van der Waals surface area contributed by atoms with Crippen molar-refractivity contribution in [1.29, 1.82) is 0 Å². The molecule has 0 aromatic carbocycles. The van der Waals surface area contributed by atoms with Crippen LogP contribution >= 0.6 is 23.9 Å². The Bertz CT molecular complexity index is 1240. The van der Waals surface area contributed by atoms with E-state index in [0.717, 1.165) is 29.9 Å². The highest BCUT2D eigenvalue weighted by molar-refractivity contribution is 7.89. The number of rotatable bonds is 12. The fourth-order valence-corrected chi connectivity index (χ4v) is 5.05. The van der Waals surface area contributed by atoms with Gasteiger partial charge in [-0.3, -0.25) is 14.2 Å². The molecule has 1 amide bonds. The van der Waals surface area contributed by atoms with Gasteiger partial charge in [0.2, 0.25) is 23.4 Å². The van der Waals surface area contributed by atoms with Crippen LogP contribution in [0.5, 0.6) is 0 Å². The van der Waals surface area contributed by atoms with Gasteiger partial charge >= 0.3 is 0 Å². The highest BCUT2D eigenvalue weighted by Crippen LogP contribution is 2.43. The van der Waals surface area contributed by atoms with Gasteiger partial charge in [0.05, 0.1) is 6.20 Å². The molecule has 0 unspecified atom stereocenters. The van der Waals surface area contributed by atoms with Crippen LogP contribution in [0.2, 0.25) is 0 Å². The molecule has 3 heterocycles. The molecule has 0 bridgehead atoms. The minimum absolute atomic E-state index is 0.0734. The summed E-state index contributed by atoms with van der Waals surface area (Å²) in [5.74, 6) is 2.37. The first-order valence-electron chi connectivity index (χ1n) is 12.2. The van der Waals surface area contributed by atoms with Crippen LogP contribution in [0.3, 0.4) is 0 Å². The zero-order valence-corrected chi connectivity index (χ0v) is 23.0. The van der Waals surface area contributed by atoms with Crippen molar-refractivity contribution in [1.82, 2.24) is 19.7 Å². The lowest BCUT2D eigenvalue weighted by Gasteiger charge is -2.30. The number of amides is 1. The Hall–Kier alpha value is -3.15. The third kappa shape index (κ3) is 6.41. The predicted molar refractivity (Wildman–Crippen MR) is 150 cm³/mol. The molecule has 2 N–H and O–H groups in total. The van der Waals surface area contributed by atoms with Gasteiger partial charge in [0.15, 0.2) is 5.76 Å². The Labute approximate surface area is 226 Å². The van der Waals surface area contributed by atoms with E-state index in [0.29, 0.717) is 46.9 Å². The molecule has 1 aliphatic carbocycles. The number of hydrogen-bond donors (Lipinski definition) is 2. The van der Waals surface area contributed by atoms with Gasteiger partial charge in [-0.05, 0) is 56.7 Å². The van der Waals surface area contributed by atoms with Crippen molar-refractivity contribution in [3.8, 4) is 0 Å². The Morgan fingerprint density at radius 2 is 2.22 bits per heavy atom. The molecule has 37 heavy (non-hydrogen) atoms. The Kier molecular flexibility index (Phi) is 8.67. The SMILES string of the molecule is C=C(/C=C(\C)C1CC1)NC(=O)CCN(CCC)c1cc(C)c2c(n1)N(c1ncns1)C=C(OSO)C2=C. The number of hydrogen-bond acceptors (Lipinski definition) is 10. The molecular weight excluding hydrogens is 508 g/mol. The minimum Gasteiger partial charge on any atom is -0.398 e. The molecule has 2 aliphatic rings. The van der Waals surface area contributed by atoms with Gasteiger partial charge in [0.25, 0.3) is 0 Å². The van der Waals surface area contributed by atoms with E-state index in [2.05, 4.69) is 46.6 Å². The van der Waals surface area contributed by atoms with Crippen molar-refractivity contribution >= 4 is 52.1 Å². The first-order chi connectivity index (χ1) is 17.8. The summed E-state index contributed by atoms with van der Waals surface area (Å²) in [6.45, 7) is 15.6. The Morgan fingerprint density at radius 1 is 1.43 bits per heavy atom. The van der Waals surface area contributed by atoms with E-state index in [1.807, 2.05) is 19.1 Å². The van der Waals surface area contributed by atoms with Crippen LogP contribution in [0.25, 0.3) is 5.57 Å².